The minimum absolute atomic E-state index is 0.0501. The summed E-state index contributed by atoms with van der Waals surface area (Å²) in [5.41, 5.74) is 8.94. The third kappa shape index (κ3) is 4.93. The summed E-state index contributed by atoms with van der Waals surface area (Å²) in [6.45, 7) is 5.01. The molecule has 5 aromatic rings. The molecule has 12 heteroatoms. The van der Waals surface area contributed by atoms with Gasteiger partial charge < -0.3 is 15.8 Å². The van der Waals surface area contributed by atoms with Gasteiger partial charge >= 0.3 is 0 Å². The number of fused-ring (bicyclic) bond motifs is 1. The first-order valence-electron chi connectivity index (χ1n) is 13.2. The number of nitrogen functional groups attached to an aromatic ring is 1. The number of anilines is 2. The van der Waals surface area contributed by atoms with Crippen LogP contribution in [0.25, 0.3) is 28.0 Å². The Balaban J connectivity index is 1.31. The van der Waals surface area contributed by atoms with Gasteiger partial charge in [0.1, 0.15) is 29.2 Å². The molecule has 1 saturated heterocycles. The van der Waals surface area contributed by atoms with Crippen LogP contribution in [0.2, 0.25) is 0 Å². The van der Waals surface area contributed by atoms with E-state index in [1.165, 1.54) is 36.7 Å². The molecule has 1 amide bonds. The largest absolute Gasteiger partial charge is 0.383 e. The smallest absolute Gasteiger partial charge is 0.284 e. The summed E-state index contributed by atoms with van der Waals surface area (Å²) < 4.78 is 22.0. The summed E-state index contributed by atoms with van der Waals surface area (Å²) in [6.07, 6.45) is 2.24. The first-order valence-corrected chi connectivity index (χ1v) is 13.2. The standard InChI is InChI=1S/C29H27FN8O3/c1-16(2)23-13-22(29(40)38(35-23)20-9-5-18(30)6-10-20)28(39)34-19-7-3-17(4-8-19)25-24-26(31)32-15-33-27(24)37(36-25)21-11-12-41-14-21/h3-10,13,15-16,21H,11-12,14H2,1-2H3,(H,34,39)(H2,31,32,33). The summed E-state index contributed by atoms with van der Waals surface area (Å²) in [4.78, 5) is 35.1. The predicted molar refractivity (Wildman–Crippen MR) is 151 cm³/mol. The van der Waals surface area contributed by atoms with Crippen LogP contribution in [0.1, 0.15) is 48.3 Å². The van der Waals surface area contributed by atoms with Gasteiger partial charge in [0.15, 0.2) is 5.65 Å². The topological polar surface area (TPSA) is 143 Å². The molecule has 0 saturated carbocycles. The van der Waals surface area contributed by atoms with E-state index < -0.39 is 17.3 Å². The Hall–Kier alpha value is -4.97. The molecular formula is C29H27FN8O3. The summed E-state index contributed by atoms with van der Waals surface area (Å²) in [7, 11) is 0. The lowest BCUT2D eigenvalue weighted by atomic mass is 10.1. The van der Waals surface area contributed by atoms with Crippen molar-refractivity contribution in [2.75, 3.05) is 24.3 Å². The lowest BCUT2D eigenvalue weighted by Crippen LogP contribution is -2.31. The van der Waals surface area contributed by atoms with Gasteiger partial charge in [0.25, 0.3) is 11.5 Å². The average molecular weight is 555 g/mol. The van der Waals surface area contributed by atoms with Crippen LogP contribution in [-0.4, -0.2) is 48.6 Å². The summed E-state index contributed by atoms with van der Waals surface area (Å²) in [5, 5.41) is 12.7. The van der Waals surface area contributed by atoms with Crippen molar-refractivity contribution in [2.24, 2.45) is 0 Å². The van der Waals surface area contributed by atoms with Gasteiger partial charge in [-0.3, -0.25) is 9.59 Å². The number of carbonyl (C=O) groups excluding carboxylic acids is 1. The second-order valence-corrected chi connectivity index (χ2v) is 10.1. The highest BCUT2D eigenvalue weighted by atomic mass is 19.1. The zero-order valence-corrected chi connectivity index (χ0v) is 22.4. The quantitative estimate of drug-likeness (QED) is 0.319. The van der Waals surface area contributed by atoms with Crippen LogP contribution in [0.5, 0.6) is 0 Å². The number of carbonyl (C=O) groups is 1. The van der Waals surface area contributed by atoms with Crippen molar-refractivity contribution in [2.45, 2.75) is 32.2 Å². The molecule has 2 aromatic carbocycles. The molecule has 4 heterocycles. The minimum Gasteiger partial charge on any atom is -0.383 e. The Labute approximate surface area is 233 Å². The molecular weight excluding hydrogens is 527 g/mol. The summed E-state index contributed by atoms with van der Waals surface area (Å²) in [6, 6.07) is 14.0. The lowest BCUT2D eigenvalue weighted by Gasteiger charge is -2.13. The van der Waals surface area contributed by atoms with Crippen LogP contribution in [0.3, 0.4) is 0 Å². The van der Waals surface area contributed by atoms with E-state index in [9.17, 15) is 14.0 Å². The van der Waals surface area contributed by atoms with Gasteiger partial charge in [0.2, 0.25) is 0 Å². The fourth-order valence-corrected chi connectivity index (χ4v) is 4.79. The van der Waals surface area contributed by atoms with Gasteiger partial charge in [0.05, 0.1) is 29.4 Å². The van der Waals surface area contributed by atoms with E-state index in [2.05, 4.69) is 20.4 Å². The highest BCUT2D eigenvalue weighted by molar-refractivity contribution is 6.04. The predicted octanol–water partition coefficient (Wildman–Crippen LogP) is 4.10. The molecule has 3 aromatic heterocycles. The first kappa shape index (κ1) is 26.3. The molecule has 0 bridgehead atoms. The highest BCUT2D eigenvalue weighted by Gasteiger charge is 2.25. The van der Waals surface area contributed by atoms with E-state index in [4.69, 9.17) is 15.6 Å². The van der Waals surface area contributed by atoms with Crippen LogP contribution in [0, 0.1) is 5.82 Å². The van der Waals surface area contributed by atoms with E-state index in [0.29, 0.717) is 52.8 Å². The van der Waals surface area contributed by atoms with Crippen molar-refractivity contribution in [1.82, 2.24) is 29.5 Å². The molecule has 41 heavy (non-hydrogen) atoms. The van der Waals surface area contributed by atoms with Gasteiger partial charge in [0, 0.05) is 17.9 Å². The van der Waals surface area contributed by atoms with Gasteiger partial charge in [-0.25, -0.2) is 19.0 Å². The Bertz CT molecular complexity index is 1810. The minimum atomic E-state index is -0.612. The Morgan fingerprint density at radius 2 is 1.85 bits per heavy atom. The number of aromatic nitrogens is 6. The molecule has 1 fully saturated rings. The third-order valence-electron chi connectivity index (χ3n) is 7.02. The monoisotopic (exact) mass is 554 g/mol. The van der Waals surface area contributed by atoms with E-state index in [0.717, 1.165) is 16.7 Å². The van der Waals surface area contributed by atoms with Crippen LogP contribution in [0.4, 0.5) is 15.9 Å². The molecule has 11 nitrogen and oxygen atoms in total. The molecule has 1 aliphatic rings. The second kappa shape index (κ2) is 10.5. The van der Waals surface area contributed by atoms with Crippen molar-refractivity contribution >= 4 is 28.4 Å². The molecule has 0 radical (unpaired) electrons. The number of ether oxygens (including phenoxy) is 1. The molecule has 0 spiro atoms. The van der Waals surface area contributed by atoms with Crippen molar-refractivity contribution in [1.29, 1.82) is 0 Å². The van der Waals surface area contributed by atoms with Crippen LogP contribution in [-0.2, 0) is 4.74 Å². The first-order chi connectivity index (χ1) is 19.8. The highest BCUT2D eigenvalue weighted by Crippen LogP contribution is 2.33. The summed E-state index contributed by atoms with van der Waals surface area (Å²) >= 11 is 0. The van der Waals surface area contributed by atoms with Crippen molar-refractivity contribution < 1.29 is 13.9 Å². The number of nitrogens with one attached hydrogen (secondary N) is 1. The Morgan fingerprint density at radius 1 is 1.10 bits per heavy atom. The summed E-state index contributed by atoms with van der Waals surface area (Å²) in [5.74, 6) is -0.763. The molecule has 208 valence electrons. The number of benzene rings is 2. The maximum atomic E-state index is 13.5. The van der Waals surface area contributed by atoms with Crippen LogP contribution in [0.15, 0.2) is 65.7 Å². The Kier molecular flexibility index (Phi) is 6.75. The van der Waals surface area contributed by atoms with Crippen molar-refractivity contribution in [3.05, 3.63) is 88.4 Å². The number of amides is 1. The molecule has 0 aliphatic carbocycles. The van der Waals surface area contributed by atoms with Crippen LogP contribution < -0.4 is 16.6 Å². The Morgan fingerprint density at radius 3 is 2.54 bits per heavy atom. The maximum Gasteiger partial charge on any atom is 0.284 e. The number of halogens is 1. The molecule has 3 N–H and O–H groups in total. The van der Waals surface area contributed by atoms with Gasteiger partial charge in [-0.2, -0.15) is 14.9 Å². The van der Waals surface area contributed by atoms with Gasteiger partial charge in [-0.15, -0.1) is 0 Å². The molecule has 1 unspecified atom stereocenters. The normalized spacial score (nSPS) is 15.1. The van der Waals surface area contributed by atoms with Gasteiger partial charge in [-0.05, 0) is 54.8 Å². The molecule has 1 aliphatic heterocycles. The number of hydrogen-bond donors (Lipinski definition) is 2. The number of rotatable bonds is 6. The molecule has 1 atom stereocenters. The zero-order chi connectivity index (χ0) is 28.7. The number of nitrogens with zero attached hydrogens (tertiary/aromatic N) is 6. The zero-order valence-electron chi connectivity index (χ0n) is 22.4. The van der Waals surface area contributed by atoms with E-state index in [1.807, 2.05) is 30.7 Å². The van der Waals surface area contributed by atoms with E-state index in [1.54, 1.807) is 12.1 Å². The van der Waals surface area contributed by atoms with E-state index in [-0.39, 0.29) is 17.5 Å². The van der Waals surface area contributed by atoms with Crippen LogP contribution >= 0.6 is 0 Å². The SMILES string of the molecule is CC(C)c1cc(C(=O)Nc2ccc(-c3nn(C4CCOC4)c4ncnc(N)c34)cc2)c(=O)n(-c2ccc(F)cc2)n1. The van der Waals surface area contributed by atoms with Gasteiger partial charge in [-0.1, -0.05) is 26.0 Å². The fourth-order valence-electron chi connectivity index (χ4n) is 4.79. The number of hydrogen-bond acceptors (Lipinski definition) is 8. The fraction of sp³-hybridized carbons (Fsp3) is 0.241. The second-order valence-electron chi connectivity index (χ2n) is 10.1. The van der Waals surface area contributed by atoms with E-state index >= 15 is 0 Å². The average Bonchev–Trinajstić information content (AvgIpc) is 3.63. The lowest BCUT2D eigenvalue weighted by molar-refractivity contribution is 0.102. The van der Waals surface area contributed by atoms with Crippen molar-refractivity contribution in [3.8, 4) is 16.9 Å². The number of nitrogens with two attached hydrogens (primary N) is 1. The third-order valence-corrected chi connectivity index (χ3v) is 7.02. The van der Waals surface area contributed by atoms with Crippen molar-refractivity contribution in [3.63, 3.8) is 0 Å². The maximum absolute atomic E-state index is 13.5. The molecule has 6 rings (SSSR count).